The molecular weight excluding hydrogens is 307 g/mol. The van der Waals surface area contributed by atoms with Crippen LogP contribution >= 0.6 is 0 Å². The Labute approximate surface area is 125 Å². The highest BCUT2D eigenvalue weighted by atomic mass is 19.4. The highest BCUT2D eigenvalue weighted by Crippen LogP contribution is 2.37. The van der Waals surface area contributed by atoms with E-state index in [0.29, 0.717) is 26.2 Å². The predicted octanol–water partition coefficient (Wildman–Crippen LogP) is 2.87. The second-order valence-electron chi connectivity index (χ2n) is 5.13. The third-order valence-electron chi connectivity index (χ3n) is 3.64. The Kier molecular flexibility index (Phi) is 5.23. The standard InChI is InChI=1S/C14H17F5N2O/c1-22-9-6-10(15)13(11(16)7-9)12(8-14(17,18)19)21-4-2-20-3-5-21/h6-7,12,20H,2-5,8H2,1H3/t12-/m0/s1. The van der Waals surface area contributed by atoms with Crippen molar-refractivity contribution in [2.24, 2.45) is 0 Å². The number of methoxy groups -OCH3 is 1. The zero-order valence-corrected chi connectivity index (χ0v) is 12.0. The zero-order valence-electron chi connectivity index (χ0n) is 12.0. The normalized spacial score (nSPS) is 18.3. The number of alkyl halides is 3. The molecule has 1 N–H and O–H groups in total. The first-order valence-corrected chi connectivity index (χ1v) is 6.86. The van der Waals surface area contributed by atoms with E-state index in [1.165, 1.54) is 12.0 Å². The Morgan fingerprint density at radius 3 is 2.18 bits per heavy atom. The summed E-state index contributed by atoms with van der Waals surface area (Å²) in [5.74, 6) is -2.11. The first kappa shape index (κ1) is 17.0. The van der Waals surface area contributed by atoms with Gasteiger partial charge in [0.1, 0.15) is 17.4 Å². The van der Waals surface area contributed by atoms with Gasteiger partial charge in [0.15, 0.2) is 0 Å². The van der Waals surface area contributed by atoms with Crippen LogP contribution in [-0.4, -0.2) is 44.4 Å². The number of rotatable bonds is 4. The number of halogens is 5. The number of nitrogens with zero attached hydrogens (tertiary/aromatic N) is 1. The molecule has 1 saturated heterocycles. The lowest BCUT2D eigenvalue weighted by Gasteiger charge is -2.36. The number of piperazine rings is 1. The highest BCUT2D eigenvalue weighted by Gasteiger charge is 2.38. The van der Waals surface area contributed by atoms with Gasteiger partial charge in [-0.3, -0.25) is 4.90 Å². The summed E-state index contributed by atoms with van der Waals surface area (Å²) >= 11 is 0. The Morgan fingerprint density at radius 2 is 1.73 bits per heavy atom. The fourth-order valence-electron chi connectivity index (χ4n) is 2.62. The smallest absolute Gasteiger partial charge is 0.390 e. The minimum absolute atomic E-state index is 0.0650. The summed E-state index contributed by atoms with van der Waals surface area (Å²) < 4.78 is 71.6. The summed E-state index contributed by atoms with van der Waals surface area (Å²) in [6.45, 7) is 1.55. The number of benzene rings is 1. The van der Waals surface area contributed by atoms with Crippen LogP contribution in [0, 0.1) is 11.6 Å². The molecule has 0 aromatic heterocycles. The fraction of sp³-hybridized carbons (Fsp3) is 0.571. The van der Waals surface area contributed by atoms with E-state index >= 15 is 0 Å². The minimum Gasteiger partial charge on any atom is -0.497 e. The van der Waals surface area contributed by atoms with Crippen LogP contribution in [0.15, 0.2) is 12.1 Å². The average molecular weight is 324 g/mol. The molecule has 8 heteroatoms. The molecule has 1 aromatic rings. The largest absolute Gasteiger partial charge is 0.497 e. The summed E-state index contributed by atoms with van der Waals surface area (Å²) in [6, 6.07) is 0.432. The molecule has 0 bridgehead atoms. The van der Waals surface area contributed by atoms with E-state index in [1.54, 1.807) is 0 Å². The summed E-state index contributed by atoms with van der Waals surface area (Å²) in [5, 5.41) is 3.00. The molecule has 1 aliphatic heterocycles. The van der Waals surface area contributed by atoms with Gasteiger partial charge in [-0.05, 0) is 0 Å². The fourth-order valence-corrected chi connectivity index (χ4v) is 2.62. The zero-order chi connectivity index (χ0) is 16.3. The molecule has 2 rings (SSSR count). The number of ether oxygens (including phenoxy) is 1. The van der Waals surface area contributed by atoms with Gasteiger partial charge in [0, 0.05) is 49.9 Å². The van der Waals surface area contributed by atoms with Crippen molar-refractivity contribution < 1.29 is 26.7 Å². The third-order valence-corrected chi connectivity index (χ3v) is 3.64. The number of hydrogen-bond acceptors (Lipinski definition) is 3. The van der Waals surface area contributed by atoms with Crippen LogP contribution in [0.5, 0.6) is 5.75 Å². The second kappa shape index (κ2) is 6.78. The van der Waals surface area contributed by atoms with Crippen LogP contribution < -0.4 is 10.1 Å². The van der Waals surface area contributed by atoms with Crippen molar-refractivity contribution in [2.75, 3.05) is 33.3 Å². The predicted molar refractivity (Wildman–Crippen MR) is 70.8 cm³/mol. The Hall–Kier alpha value is -1.41. The summed E-state index contributed by atoms with van der Waals surface area (Å²) in [5.41, 5.74) is -0.556. The van der Waals surface area contributed by atoms with Crippen LogP contribution in [0.2, 0.25) is 0 Å². The van der Waals surface area contributed by atoms with Crippen LogP contribution in [0.1, 0.15) is 18.0 Å². The Bertz CT molecular complexity index is 491. The maximum absolute atomic E-state index is 14.1. The lowest BCUT2D eigenvalue weighted by Crippen LogP contribution is -2.46. The monoisotopic (exact) mass is 324 g/mol. The minimum atomic E-state index is -4.52. The molecular formula is C14H17F5N2O. The second-order valence-corrected chi connectivity index (χ2v) is 5.13. The molecule has 0 unspecified atom stereocenters. The highest BCUT2D eigenvalue weighted by molar-refractivity contribution is 5.32. The van der Waals surface area contributed by atoms with Crippen LogP contribution in [-0.2, 0) is 0 Å². The molecule has 0 saturated carbocycles. The van der Waals surface area contributed by atoms with E-state index in [4.69, 9.17) is 4.74 Å². The van der Waals surface area contributed by atoms with E-state index in [1.807, 2.05) is 0 Å². The van der Waals surface area contributed by atoms with Crippen molar-refractivity contribution in [3.05, 3.63) is 29.3 Å². The van der Waals surface area contributed by atoms with Gasteiger partial charge in [0.2, 0.25) is 0 Å². The Morgan fingerprint density at radius 1 is 1.18 bits per heavy atom. The molecule has 1 aliphatic rings. The van der Waals surface area contributed by atoms with E-state index < -0.39 is 35.8 Å². The van der Waals surface area contributed by atoms with Gasteiger partial charge in [0.05, 0.1) is 13.5 Å². The lowest BCUT2D eigenvalue weighted by molar-refractivity contribution is -0.149. The van der Waals surface area contributed by atoms with Crippen molar-refractivity contribution >= 4 is 0 Å². The molecule has 0 aliphatic carbocycles. The topological polar surface area (TPSA) is 24.5 Å². The Balaban J connectivity index is 2.39. The van der Waals surface area contributed by atoms with E-state index in [2.05, 4.69) is 5.32 Å². The van der Waals surface area contributed by atoms with E-state index in [9.17, 15) is 22.0 Å². The van der Waals surface area contributed by atoms with Crippen molar-refractivity contribution in [3.8, 4) is 5.75 Å². The van der Waals surface area contributed by atoms with Gasteiger partial charge in [-0.25, -0.2) is 8.78 Å². The molecule has 1 atom stereocenters. The molecule has 0 spiro atoms. The van der Waals surface area contributed by atoms with Crippen LogP contribution in [0.4, 0.5) is 22.0 Å². The molecule has 0 radical (unpaired) electrons. The van der Waals surface area contributed by atoms with Crippen molar-refractivity contribution in [2.45, 2.75) is 18.6 Å². The first-order chi connectivity index (χ1) is 10.3. The average Bonchev–Trinajstić information content (AvgIpc) is 2.45. The van der Waals surface area contributed by atoms with Gasteiger partial charge < -0.3 is 10.1 Å². The van der Waals surface area contributed by atoms with Gasteiger partial charge in [-0.2, -0.15) is 13.2 Å². The maximum atomic E-state index is 14.1. The molecule has 1 heterocycles. The summed E-state index contributed by atoms with van der Waals surface area (Å²) in [7, 11) is 1.23. The van der Waals surface area contributed by atoms with Crippen molar-refractivity contribution in [3.63, 3.8) is 0 Å². The molecule has 124 valence electrons. The van der Waals surface area contributed by atoms with Gasteiger partial charge in [-0.1, -0.05) is 0 Å². The lowest BCUT2D eigenvalue weighted by atomic mass is 9.99. The van der Waals surface area contributed by atoms with Crippen LogP contribution in [0.25, 0.3) is 0 Å². The molecule has 1 fully saturated rings. The number of hydrogen-bond donors (Lipinski definition) is 1. The summed E-state index contributed by atoms with van der Waals surface area (Å²) in [6.07, 6.45) is -5.82. The molecule has 22 heavy (non-hydrogen) atoms. The van der Waals surface area contributed by atoms with E-state index in [-0.39, 0.29) is 5.75 Å². The molecule has 0 amide bonds. The quantitative estimate of drug-likeness (QED) is 0.862. The number of nitrogens with one attached hydrogen (secondary N) is 1. The maximum Gasteiger partial charge on any atom is 0.390 e. The van der Waals surface area contributed by atoms with Gasteiger partial charge >= 0.3 is 6.18 Å². The van der Waals surface area contributed by atoms with E-state index in [0.717, 1.165) is 12.1 Å². The summed E-state index contributed by atoms with van der Waals surface area (Å²) in [4.78, 5) is 1.46. The van der Waals surface area contributed by atoms with Crippen molar-refractivity contribution in [1.82, 2.24) is 10.2 Å². The molecule has 3 nitrogen and oxygen atoms in total. The van der Waals surface area contributed by atoms with Crippen LogP contribution in [0.3, 0.4) is 0 Å². The van der Waals surface area contributed by atoms with Gasteiger partial charge in [0.25, 0.3) is 0 Å². The molecule has 1 aromatic carbocycles. The first-order valence-electron chi connectivity index (χ1n) is 6.86. The third kappa shape index (κ3) is 4.07. The van der Waals surface area contributed by atoms with Crippen molar-refractivity contribution in [1.29, 1.82) is 0 Å². The van der Waals surface area contributed by atoms with Gasteiger partial charge in [-0.15, -0.1) is 0 Å². The SMILES string of the molecule is COc1cc(F)c([C@H](CC(F)(F)F)N2CCNCC2)c(F)c1.